The average molecular weight is 384 g/mol. The highest BCUT2D eigenvalue weighted by Crippen LogP contribution is 2.14. The first-order valence-corrected chi connectivity index (χ1v) is 9.62. The van der Waals surface area contributed by atoms with Crippen molar-refractivity contribution in [1.82, 2.24) is 9.80 Å². The van der Waals surface area contributed by atoms with Gasteiger partial charge in [-0.25, -0.2) is 4.79 Å². The van der Waals surface area contributed by atoms with Gasteiger partial charge in [0.15, 0.2) is 0 Å². The van der Waals surface area contributed by atoms with Gasteiger partial charge >= 0.3 is 5.97 Å². The zero-order valence-electron chi connectivity index (χ0n) is 16.3. The molecule has 1 fully saturated rings. The van der Waals surface area contributed by atoms with Crippen LogP contribution in [0, 0.1) is 0 Å². The minimum Gasteiger partial charge on any atom is -0.491 e. The number of methoxy groups -OCH3 is 1. The molecule has 2 aromatic carbocycles. The largest absolute Gasteiger partial charge is 0.491 e. The standard InChI is InChI=1S/C22H28N2O4/c1-27-22(26)19-7-9-21(10-8-19)28-17-20(25)16-24-13-11-23(12-14-24)15-18-5-3-2-4-6-18/h2-10,20,25H,11-17H2,1H3/t20-/m0/s1. The summed E-state index contributed by atoms with van der Waals surface area (Å²) in [5.74, 6) is 0.248. The fourth-order valence-electron chi connectivity index (χ4n) is 3.32. The Morgan fingerprint density at radius 2 is 1.64 bits per heavy atom. The number of piperazine rings is 1. The van der Waals surface area contributed by atoms with Crippen LogP contribution in [0.5, 0.6) is 5.75 Å². The van der Waals surface area contributed by atoms with Crippen LogP contribution in [0.3, 0.4) is 0 Å². The Morgan fingerprint density at radius 3 is 2.29 bits per heavy atom. The van der Waals surface area contributed by atoms with Crippen molar-refractivity contribution in [2.75, 3.05) is 46.4 Å². The van der Waals surface area contributed by atoms with Crippen molar-refractivity contribution >= 4 is 5.97 Å². The van der Waals surface area contributed by atoms with E-state index < -0.39 is 6.10 Å². The monoisotopic (exact) mass is 384 g/mol. The van der Waals surface area contributed by atoms with Crippen LogP contribution in [0.1, 0.15) is 15.9 Å². The maximum Gasteiger partial charge on any atom is 0.337 e. The number of rotatable bonds is 8. The Kier molecular flexibility index (Phi) is 7.42. The SMILES string of the molecule is COC(=O)c1ccc(OC[C@@H](O)CN2CCN(Cc3ccccc3)CC2)cc1. The highest BCUT2D eigenvalue weighted by Gasteiger charge is 2.19. The smallest absolute Gasteiger partial charge is 0.337 e. The molecule has 0 aliphatic carbocycles. The number of hydrogen-bond donors (Lipinski definition) is 1. The lowest BCUT2D eigenvalue weighted by Gasteiger charge is -2.35. The number of esters is 1. The number of carbonyl (C=O) groups excluding carboxylic acids is 1. The molecule has 1 N–H and O–H groups in total. The van der Waals surface area contributed by atoms with Crippen LogP contribution in [0.4, 0.5) is 0 Å². The Hall–Kier alpha value is -2.41. The number of ether oxygens (including phenoxy) is 2. The molecule has 6 heteroatoms. The van der Waals surface area contributed by atoms with E-state index >= 15 is 0 Å². The summed E-state index contributed by atoms with van der Waals surface area (Å²) in [4.78, 5) is 16.1. The molecule has 0 saturated carbocycles. The zero-order valence-corrected chi connectivity index (χ0v) is 16.3. The van der Waals surface area contributed by atoms with Crippen molar-refractivity contribution < 1.29 is 19.4 Å². The first kappa shape index (κ1) is 20.3. The fraction of sp³-hybridized carbons (Fsp3) is 0.409. The summed E-state index contributed by atoms with van der Waals surface area (Å²) in [6.07, 6.45) is -0.555. The summed E-state index contributed by atoms with van der Waals surface area (Å²) < 4.78 is 10.3. The van der Waals surface area contributed by atoms with Gasteiger partial charge in [0.2, 0.25) is 0 Å². The van der Waals surface area contributed by atoms with E-state index in [1.54, 1.807) is 24.3 Å². The lowest BCUT2D eigenvalue weighted by molar-refractivity contribution is 0.0446. The first-order valence-electron chi connectivity index (χ1n) is 9.62. The molecule has 28 heavy (non-hydrogen) atoms. The molecular formula is C22H28N2O4. The van der Waals surface area contributed by atoms with E-state index in [9.17, 15) is 9.90 Å². The average Bonchev–Trinajstić information content (AvgIpc) is 2.74. The van der Waals surface area contributed by atoms with E-state index in [-0.39, 0.29) is 12.6 Å². The van der Waals surface area contributed by atoms with Crippen molar-refractivity contribution in [2.45, 2.75) is 12.6 Å². The predicted molar refractivity (Wildman–Crippen MR) is 107 cm³/mol. The molecule has 0 bridgehead atoms. The molecule has 3 rings (SSSR count). The summed E-state index contributed by atoms with van der Waals surface area (Å²) in [5.41, 5.74) is 1.81. The minimum absolute atomic E-state index is 0.224. The first-order chi connectivity index (χ1) is 13.6. The third-order valence-electron chi connectivity index (χ3n) is 4.90. The molecule has 0 radical (unpaired) electrons. The van der Waals surface area contributed by atoms with Gasteiger partial charge in [-0.2, -0.15) is 0 Å². The van der Waals surface area contributed by atoms with Gasteiger partial charge in [-0.15, -0.1) is 0 Å². The fourth-order valence-corrected chi connectivity index (χ4v) is 3.32. The molecule has 2 aromatic rings. The Bertz CT molecular complexity index is 728. The second kappa shape index (κ2) is 10.2. The molecule has 0 spiro atoms. The predicted octanol–water partition coefficient (Wildman–Crippen LogP) is 2.03. The van der Waals surface area contributed by atoms with E-state index in [1.807, 2.05) is 6.07 Å². The third kappa shape index (κ3) is 6.05. The number of aliphatic hydroxyl groups excluding tert-OH is 1. The Labute approximate surface area is 166 Å². The lowest BCUT2D eigenvalue weighted by atomic mass is 10.2. The van der Waals surface area contributed by atoms with Crippen LogP contribution in [0.25, 0.3) is 0 Å². The van der Waals surface area contributed by atoms with Gasteiger partial charge < -0.3 is 14.6 Å². The van der Waals surface area contributed by atoms with E-state index in [0.717, 1.165) is 32.7 Å². The quantitative estimate of drug-likeness (QED) is 0.703. The lowest BCUT2D eigenvalue weighted by Crippen LogP contribution is -2.48. The van der Waals surface area contributed by atoms with Crippen molar-refractivity contribution in [2.24, 2.45) is 0 Å². The minimum atomic E-state index is -0.555. The molecule has 1 heterocycles. The summed E-state index contributed by atoms with van der Waals surface area (Å²) in [7, 11) is 1.35. The number of carbonyl (C=O) groups is 1. The van der Waals surface area contributed by atoms with Gasteiger partial charge in [-0.3, -0.25) is 9.80 Å². The van der Waals surface area contributed by atoms with Crippen molar-refractivity contribution in [1.29, 1.82) is 0 Å². The molecule has 150 valence electrons. The van der Waals surface area contributed by atoms with Crippen molar-refractivity contribution in [3.05, 3.63) is 65.7 Å². The number of aliphatic hydroxyl groups is 1. The van der Waals surface area contributed by atoms with E-state index in [4.69, 9.17) is 4.74 Å². The van der Waals surface area contributed by atoms with Crippen LogP contribution in [-0.4, -0.2) is 73.4 Å². The third-order valence-corrected chi connectivity index (χ3v) is 4.90. The Balaban J connectivity index is 1.36. The summed E-state index contributed by atoms with van der Waals surface area (Å²) >= 11 is 0. The van der Waals surface area contributed by atoms with Gasteiger partial charge in [0, 0.05) is 39.3 Å². The molecule has 6 nitrogen and oxygen atoms in total. The van der Waals surface area contributed by atoms with Gasteiger partial charge in [0.05, 0.1) is 12.7 Å². The van der Waals surface area contributed by atoms with Gasteiger partial charge in [0.25, 0.3) is 0 Å². The molecular weight excluding hydrogens is 356 g/mol. The Morgan fingerprint density at radius 1 is 1.00 bits per heavy atom. The molecule has 1 saturated heterocycles. The topological polar surface area (TPSA) is 62.2 Å². The molecule has 0 amide bonds. The van der Waals surface area contributed by atoms with E-state index in [1.165, 1.54) is 12.7 Å². The van der Waals surface area contributed by atoms with Crippen LogP contribution >= 0.6 is 0 Å². The molecule has 1 aliphatic heterocycles. The van der Waals surface area contributed by atoms with Gasteiger partial charge in [0.1, 0.15) is 18.5 Å². The van der Waals surface area contributed by atoms with Crippen LogP contribution in [-0.2, 0) is 11.3 Å². The van der Waals surface area contributed by atoms with Crippen LogP contribution in [0.15, 0.2) is 54.6 Å². The maximum atomic E-state index is 11.4. The molecule has 0 aromatic heterocycles. The molecule has 1 atom stereocenters. The van der Waals surface area contributed by atoms with Crippen molar-refractivity contribution in [3.8, 4) is 5.75 Å². The summed E-state index contributed by atoms with van der Waals surface area (Å²) in [6, 6.07) is 17.2. The summed E-state index contributed by atoms with van der Waals surface area (Å²) in [6.45, 7) is 5.67. The second-order valence-electron chi connectivity index (χ2n) is 7.04. The van der Waals surface area contributed by atoms with Crippen LogP contribution < -0.4 is 4.74 Å². The van der Waals surface area contributed by atoms with Gasteiger partial charge in [-0.1, -0.05) is 30.3 Å². The van der Waals surface area contributed by atoms with Crippen LogP contribution in [0.2, 0.25) is 0 Å². The van der Waals surface area contributed by atoms with E-state index in [2.05, 4.69) is 38.8 Å². The number of benzene rings is 2. The number of β-amino-alcohol motifs (C(OH)–C–C–N with tert-alkyl or cyclic N) is 1. The number of nitrogens with zero attached hydrogens (tertiary/aromatic N) is 2. The molecule has 1 aliphatic rings. The molecule has 0 unspecified atom stereocenters. The normalized spacial score (nSPS) is 16.5. The van der Waals surface area contributed by atoms with E-state index in [0.29, 0.717) is 17.9 Å². The zero-order chi connectivity index (χ0) is 19.8. The second-order valence-corrected chi connectivity index (χ2v) is 7.04. The summed E-state index contributed by atoms with van der Waals surface area (Å²) in [5, 5.41) is 10.3. The highest BCUT2D eigenvalue weighted by atomic mass is 16.5. The maximum absolute atomic E-state index is 11.4. The van der Waals surface area contributed by atoms with Gasteiger partial charge in [-0.05, 0) is 29.8 Å². The number of hydrogen-bond acceptors (Lipinski definition) is 6. The highest BCUT2D eigenvalue weighted by molar-refractivity contribution is 5.89. The van der Waals surface area contributed by atoms with Crippen molar-refractivity contribution in [3.63, 3.8) is 0 Å².